The van der Waals surface area contributed by atoms with Crippen LogP contribution in [0, 0.1) is 0 Å². The van der Waals surface area contributed by atoms with Crippen molar-refractivity contribution < 1.29 is 0 Å². The van der Waals surface area contributed by atoms with Crippen molar-refractivity contribution in [3.05, 3.63) is 47.5 Å². The van der Waals surface area contributed by atoms with Gasteiger partial charge in [0.2, 0.25) is 0 Å². The molecule has 0 bridgehead atoms. The van der Waals surface area contributed by atoms with Crippen LogP contribution < -0.4 is 0 Å². The average Bonchev–Trinajstić information content (AvgIpc) is 2.31. The summed E-state index contributed by atoms with van der Waals surface area (Å²) in [6.07, 6.45) is 1.98. The van der Waals surface area contributed by atoms with Crippen LogP contribution in [0.1, 0.15) is 0 Å². The number of rotatable bonds is 2. The SMILES string of the molecule is CSc1nc(-c2ccccc2)ccc1Cl. The fraction of sp³-hybridized carbons (Fsp3) is 0.0833. The Bertz CT molecular complexity index is 456. The van der Waals surface area contributed by atoms with E-state index in [9.17, 15) is 0 Å². The molecule has 0 fully saturated rings. The summed E-state index contributed by atoms with van der Waals surface area (Å²) < 4.78 is 0. The zero-order valence-corrected chi connectivity index (χ0v) is 9.85. The summed E-state index contributed by atoms with van der Waals surface area (Å²) in [6, 6.07) is 13.9. The second kappa shape index (κ2) is 4.69. The van der Waals surface area contributed by atoms with Crippen LogP contribution in [0.5, 0.6) is 0 Å². The third kappa shape index (κ3) is 2.33. The molecule has 0 unspecified atom stereocenters. The number of hydrogen-bond acceptors (Lipinski definition) is 2. The lowest BCUT2D eigenvalue weighted by atomic mass is 10.1. The van der Waals surface area contributed by atoms with E-state index in [2.05, 4.69) is 4.98 Å². The summed E-state index contributed by atoms with van der Waals surface area (Å²) in [6.45, 7) is 0. The summed E-state index contributed by atoms with van der Waals surface area (Å²) in [4.78, 5) is 4.49. The molecule has 1 nitrogen and oxygen atoms in total. The molecule has 0 spiro atoms. The van der Waals surface area contributed by atoms with Crippen LogP contribution in [-0.4, -0.2) is 11.2 Å². The van der Waals surface area contributed by atoms with Crippen LogP contribution in [0.3, 0.4) is 0 Å². The predicted molar refractivity (Wildman–Crippen MR) is 66.5 cm³/mol. The molecule has 0 radical (unpaired) electrons. The van der Waals surface area contributed by atoms with E-state index in [-0.39, 0.29) is 0 Å². The Morgan fingerprint density at radius 1 is 1.07 bits per heavy atom. The number of thioether (sulfide) groups is 1. The molecule has 3 heteroatoms. The third-order valence-corrected chi connectivity index (χ3v) is 3.19. The zero-order valence-electron chi connectivity index (χ0n) is 8.27. The average molecular weight is 236 g/mol. The summed E-state index contributed by atoms with van der Waals surface area (Å²) >= 11 is 7.56. The Morgan fingerprint density at radius 2 is 1.80 bits per heavy atom. The van der Waals surface area contributed by atoms with E-state index in [4.69, 9.17) is 11.6 Å². The fourth-order valence-corrected chi connectivity index (χ4v) is 2.13. The summed E-state index contributed by atoms with van der Waals surface area (Å²) in [5.41, 5.74) is 2.08. The zero-order chi connectivity index (χ0) is 10.7. The van der Waals surface area contributed by atoms with Gasteiger partial charge in [0.15, 0.2) is 0 Å². The smallest absolute Gasteiger partial charge is 0.115 e. The van der Waals surface area contributed by atoms with Crippen LogP contribution in [-0.2, 0) is 0 Å². The molecule has 76 valence electrons. The van der Waals surface area contributed by atoms with Crippen LogP contribution in [0.4, 0.5) is 0 Å². The lowest BCUT2D eigenvalue weighted by Gasteiger charge is -2.04. The van der Waals surface area contributed by atoms with Gasteiger partial charge in [0.25, 0.3) is 0 Å². The first kappa shape index (κ1) is 10.5. The maximum absolute atomic E-state index is 6.00. The number of halogens is 1. The van der Waals surface area contributed by atoms with Gasteiger partial charge < -0.3 is 0 Å². The Kier molecular flexibility index (Phi) is 3.29. The van der Waals surface area contributed by atoms with E-state index in [1.165, 1.54) is 0 Å². The highest BCUT2D eigenvalue weighted by Crippen LogP contribution is 2.26. The third-order valence-electron chi connectivity index (χ3n) is 2.08. The Labute approximate surface area is 98.5 Å². The van der Waals surface area contributed by atoms with Crippen LogP contribution in [0.25, 0.3) is 11.3 Å². The first-order valence-corrected chi connectivity index (χ1v) is 6.17. The van der Waals surface area contributed by atoms with Gasteiger partial charge in [0.05, 0.1) is 10.7 Å². The molecule has 1 aromatic heterocycles. The van der Waals surface area contributed by atoms with Crippen LogP contribution in [0.15, 0.2) is 47.5 Å². The van der Waals surface area contributed by atoms with E-state index in [1.807, 2.05) is 48.7 Å². The van der Waals surface area contributed by atoms with E-state index in [0.717, 1.165) is 16.3 Å². The predicted octanol–water partition coefficient (Wildman–Crippen LogP) is 4.12. The van der Waals surface area contributed by atoms with Crippen LogP contribution in [0.2, 0.25) is 5.02 Å². The molecule has 0 aliphatic carbocycles. The van der Waals surface area contributed by atoms with Crippen LogP contribution >= 0.6 is 23.4 Å². The van der Waals surface area contributed by atoms with Crippen molar-refractivity contribution >= 4 is 23.4 Å². The van der Waals surface area contributed by atoms with E-state index >= 15 is 0 Å². The minimum atomic E-state index is 0.710. The van der Waals surface area contributed by atoms with Crippen molar-refractivity contribution in [3.63, 3.8) is 0 Å². The first-order chi connectivity index (χ1) is 7.31. The molecule has 0 saturated carbocycles. The molecule has 2 aromatic rings. The van der Waals surface area contributed by atoms with Crippen molar-refractivity contribution in [3.8, 4) is 11.3 Å². The number of hydrogen-bond donors (Lipinski definition) is 0. The lowest BCUT2D eigenvalue weighted by Crippen LogP contribution is -1.86. The summed E-state index contributed by atoms with van der Waals surface area (Å²) in [5.74, 6) is 0. The Hall–Kier alpha value is -0.990. The first-order valence-electron chi connectivity index (χ1n) is 4.57. The fourth-order valence-electron chi connectivity index (χ4n) is 1.34. The molecule has 0 amide bonds. The minimum absolute atomic E-state index is 0.710. The van der Waals surface area contributed by atoms with Gasteiger partial charge in [-0.25, -0.2) is 4.98 Å². The Morgan fingerprint density at radius 3 is 2.47 bits per heavy atom. The normalized spacial score (nSPS) is 10.3. The molecule has 0 N–H and O–H groups in total. The maximum atomic E-state index is 6.00. The largest absolute Gasteiger partial charge is 0.240 e. The number of aromatic nitrogens is 1. The second-order valence-electron chi connectivity index (χ2n) is 3.05. The van der Waals surface area contributed by atoms with Crippen molar-refractivity contribution in [2.75, 3.05) is 6.26 Å². The van der Waals surface area contributed by atoms with Gasteiger partial charge >= 0.3 is 0 Å². The molecule has 15 heavy (non-hydrogen) atoms. The molecule has 0 aliphatic rings. The highest BCUT2D eigenvalue weighted by Gasteiger charge is 2.03. The molecule has 0 aliphatic heterocycles. The highest BCUT2D eigenvalue weighted by atomic mass is 35.5. The molecule has 1 aromatic carbocycles. The Balaban J connectivity index is 2.46. The highest BCUT2D eigenvalue weighted by molar-refractivity contribution is 7.98. The van der Waals surface area contributed by atoms with E-state index < -0.39 is 0 Å². The monoisotopic (exact) mass is 235 g/mol. The molecule has 2 rings (SSSR count). The maximum Gasteiger partial charge on any atom is 0.115 e. The van der Waals surface area contributed by atoms with Crippen molar-refractivity contribution in [2.24, 2.45) is 0 Å². The topological polar surface area (TPSA) is 12.9 Å². The minimum Gasteiger partial charge on any atom is -0.240 e. The molecule has 0 saturated heterocycles. The standard InChI is InChI=1S/C12H10ClNS/c1-15-12-10(13)7-8-11(14-12)9-5-3-2-4-6-9/h2-8H,1H3. The molecule has 1 heterocycles. The van der Waals surface area contributed by atoms with Gasteiger partial charge in [-0.15, -0.1) is 11.8 Å². The quantitative estimate of drug-likeness (QED) is 0.727. The van der Waals surface area contributed by atoms with Crippen molar-refractivity contribution in [1.82, 2.24) is 4.98 Å². The van der Waals surface area contributed by atoms with Gasteiger partial charge in [0, 0.05) is 5.56 Å². The molecular weight excluding hydrogens is 226 g/mol. The number of benzene rings is 1. The molecule has 0 atom stereocenters. The van der Waals surface area contributed by atoms with Crippen molar-refractivity contribution in [1.29, 1.82) is 0 Å². The number of pyridine rings is 1. The van der Waals surface area contributed by atoms with Gasteiger partial charge in [-0.3, -0.25) is 0 Å². The van der Waals surface area contributed by atoms with Gasteiger partial charge in [-0.05, 0) is 18.4 Å². The summed E-state index contributed by atoms with van der Waals surface area (Å²) in [5, 5.41) is 1.58. The van der Waals surface area contributed by atoms with E-state index in [1.54, 1.807) is 11.8 Å². The number of nitrogens with zero attached hydrogens (tertiary/aromatic N) is 1. The second-order valence-corrected chi connectivity index (χ2v) is 4.26. The van der Waals surface area contributed by atoms with Gasteiger partial charge in [-0.1, -0.05) is 41.9 Å². The lowest BCUT2D eigenvalue weighted by molar-refractivity contribution is 1.14. The van der Waals surface area contributed by atoms with Crippen molar-refractivity contribution in [2.45, 2.75) is 5.03 Å². The molecular formula is C12H10ClNS. The van der Waals surface area contributed by atoms with E-state index in [0.29, 0.717) is 5.02 Å². The van der Waals surface area contributed by atoms with Gasteiger partial charge in [-0.2, -0.15) is 0 Å². The summed E-state index contributed by atoms with van der Waals surface area (Å²) in [7, 11) is 0. The van der Waals surface area contributed by atoms with Gasteiger partial charge in [0.1, 0.15) is 5.03 Å².